The third-order valence-electron chi connectivity index (χ3n) is 3.78. The van der Waals surface area contributed by atoms with Crippen LogP contribution >= 0.6 is 0 Å². The fraction of sp³-hybridized carbons (Fsp3) is 0.211. The number of nitrogens with one attached hydrogen (secondary N) is 1. The van der Waals surface area contributed by atoms with Crippen LogP contribution in [0.4, 0.5) is 5.95 Å². The number of ether oxygens (including phenoxy) is 1. The molecule has 0 radical (unpaired) electrons. The van der Waals surface area contributed by atoms with E-state index in [2.05, 4.69) is 20.4 Å². The van der Waals surface area contributed by atoms with Crippen molar-refractivity contribution in [3.63, 3.8) is 0 Å². The van der Waals surface area contributed by atoms with Crippen molar-refractivity contribution in [2.75, 3.05) is 12.4 Å². The minimum atomic E-state index is -0.438. The Hall–Kier alpha value is -3.55. The first kappa shape index (κ1) is 18.2. The van der Waals surface area contributed by atoms with Crippen molar-refractivity contribution in [3.05, 3.63) is 64.2 Å². The van der Waals surface area contributed by atoms with Gasteiger partial charge in [-0.25, -0.2) is 14.6 Å². The number of hydrogen-bond acceptors (Lipinski definition) is 6. The predicted octanol–water partition coefficient (Wildman–Crippen LogP) is 1.96. The van der Waals surface area contributed by atoms with E-state index in [4.69, 9.17) is 4.74 Å². The van der Waals surface area contributed by atoms with Crippen LogP contribution in [0.15, 0.2) is 47.3 Å². The molecule has 0 aliphatic heterocycles. The average molecular weight is 365 g/mol. The number of carbonyl (C=O) groups excluding carboxylic acids is 1. The maximum absolute atomic E-state index is 12.3. The molecule has 0 saturated carbocycles. The number of aryl methyl sites for hydroxylation is 2. The lowest BCUT2D eigenvalue weighted by molar-refractivity contribution is -0.117. The van der Waals surface area contributed by atoms with Gasteiger partial charge in [-0.15, -0.1) is 0 Å². The highest BCUT2D eigenvalue weighted by Gasteiger charge is 2.12. The molecule has 1 aromatic carbocycles. The number of para-hydroxylation sites is 1. The topological polar surface area (TPSA) is 99.0 Å². The molecule has 8 heteroatoms. The number of amides is 1. The summed E-state index contributed by atoms with van der Waals surface area (Å²) in [5.41, 5.74) is 2.36. The number of carbonyl (C=O) groups is 1. The van der Waals surface area contributed by atoms with Gasteiger partial charge in [0.15, 0.2) is 0 Å². The Kier molecular flexibility index (Phi) is 5.25. The molecule has 0 fully saturated rings. The number of rotatable bonds is 5. The molecule has 3 rings (SSSR count). The largest absolute Gasteiger partial charge is 0.496 e. The Morgan fingerprint density at radius 3 is 2.52 bits per heavy atom. The Morgan fingerprint density at radius 1 is 1.11 bits per heavy atom. The van der Waals surface area contributed by atoms with Crippen LogP contribution in [0.2, 0.25) is 0 Å². The Morgan fingerprint density at radius 2 is 1.81 bits per heavy atom. The quantitative estimate of drug-likeness (QED) is 0.742. The SMILES string of the molecule is COc1ccccc1-c1ccc(=O)n(CC(=O)Nc2nc(C)cc(C)n2)n1. The molecule has 0 saturated heterocycles. The van der Waals surface area contributed by atoms with E-state index in [0.29, 0.717) is 11.4 Å². The van der Waals surface area contributed by atoms with Gasteiger partial charge in [-0.05, 0) is 38.1 Å². The summed E-state index contributed by atoms with van der Waals surface area (Å²) in [6.45, 7) is 3.37. The van der Waals surface area contributed by atoms with Crippen molar-refractivity contribution >= 4 is 11.9 Å². The van der Waals surface area contributed by atoms with Gasteiger partial charge in [0.25, 0.3) is 5.56 Å². The van der Waals surface area contributed by atoms with Gasteiger partial charge < -0.3 is 4.74 Å². The molecule has 1 N–H and O–H groups in total. The van der Waals surface area contributed by atoms with Gasteiger partial charge in [0.2, 0.25) is 11.9 Å². The van der Waals surface area contributed by atoms with Crippen LogP contribution in [0.1, 0.15) is 11.4 Å². The van der Waals surface area contributed by atoms with Gasteiger partial charge in [-0.1, -0.05) is 12.1 Å². The number of aromatic nitrogens is 4. The lowest BCUT2D eigenvalue weighted by atomic mass is 10.1. The van der Waals surface area contributed by atoms with Crippen LogP contribution in [0, 0.1) is 13.8 Å². The van der Waals surface area contributed by atoms with Gasteiger partial charge in [0.05, 0.1) is 12.8 Å². The van der Waals surface area contributed by atoms with E-state index in [1.165, 1.54) is 6.07 Å². The summed E-state index contributed by atoms with van der Waals surface area (Å²) in [4.78, 5) is 32.7. The second kappa shape index (κ2) is 7.77. The normalized spacial score (nSPS) is 10.5. The van der Waals surface area contributed by atoms with E-state index < -0.39 is 5.91 Å². The maximum atomic E-state index is 12.3. The van der Waals surface area contributed by atoms with E-state index in [9.17, 15) is 9.59 Å². The fourth-order valence-electron chi connectivity index (χ4n) is 2.64. The Labute approximate surface area is 155 Å². The third-order valence-corrected chi connectivity index (χ3v) is 3.78. The molecule has 0 aliphatic carbocycles. The third kappa shape index (κ3) is 4.35. The van der Waals surface area contributed by atoms with Crippen LogP contribution < -0.4 is 15.6 Å². The second-order valence-electron chi connectivity index (χ2n) is 5.94. The molecular formula is C19H19N5O3. The molecule has 0 spiro atoms. The summed E-state index contributed by atoms with van der Waals surface area (Å²) in [6.07, 6.45) is 0. The highest BCUT2D eigenvalue weighted by Crippen LogP contribution is 2.27. The lowest BCUT2D eigenvalue weighted by Gasteiger charge is -2.10. The van der Waals surface area contributed by atoms with Crippen molar-refractivity contribution < 1.29 is 9.53 Å². The Balaban J connectivity index is 1.84. The van der Waals surface area contributed by atoms with E-state index in [1.54, 1.807) is 25.3 Å². The van der Waals surface area contributed by atoms with Gasteiger partial charge in [-0.3, -0.25) is 14.9 Å². The molecule has 3 aromatic rings. The first-order chi connectivity index (χ1) is 13.0. The van der Waals surface area contributed by atoms with E-state index in [0.717, 1.165) is 21.6 Å². The minimum absolute atomic E-state index is 0.200. The lowest BCUT2D eigenvalue weighted by Crippen LogP contribution is -2.29. The molecule has 2 heterocycles. The monoisotopic (exact) mass is 365 g/mol. The summed E-state index contributed by atoms with van der Waals surface area (Å²) >= 11 is 0. The zero-order valence-electron chi connectivity index (χ0n) is 15.3. The smallest absolute Gasteiger partial charge is 0.267 e. The number of hydrogen-bond donors (Lipinski definition) is 1. The summed E-state index contributed by atoms with van der Waals surface area (Å²) in [7, 11) is 1.56. The summed E-state index contributed by atoms with van der Waals surface area (Å²) < 4.78 is 6.43. The van der Waals surface area contributed by atoms with Gasteiger partial charge in [0.1, 0.15) is 12.3 Å². The molecule has 138 valence electrons. The highest BCUT2D eigenvalue weighted by atomic mass is 16.5. The Bertz CT molecular complexity index is 1030. The number of methoxy groups -OCH3 is 1. The summed E-state index contributed by atoms with van der Waals surface area (Å²) in [5, 5.41) is 6.89. The molecule has 0 unspecified atom stereocenters. The van der Waals surface area contributed by atoms with Gasteiger partial charge in [0, 0.05) is 23.0 Å². The maximum Gasteiger partial charge on any atom is 0.267 e. The van der Waals surface area contributed by atoms with Crippen LogP contribution in [0.3, 0.4) is 0 Å². The average Bonchev–Trinajstić information content (AvgIpc) is 2.62. The number of benzene rings is 1. The first-order valence-corrected chi connectivity index (χ1v) is 8.30. The zero-order chi connectivity index (χ0) is 19.4. The molecule has 0 aliphatic rings. The number of nitrogens with zero attached hydrogens (tertiary/aromatic N) is 4. The molecule has 0 atom stereocenters. The zero-order valence-corrected chi connectivity index (χ0v) is 15.3. The van der Waals surface area contributed by atoms with E-state index in [1.807, 2.05) is 32.0 Å². The second-order valence-corrected chi connectivity index (χ2v) is 5.94. The summed E-state index contributed by atoms with van der Waals surface area (Å²) in [5.74, 6) is 0.390. The van der Waals surface area contributed by atoms with E-state index >= 15 is 0 Å². The minimum Gasteiger partial charge on any atom is -0.496 e. The molecule has 27 heavy (non-hydrogen) atoms. The van der Waals surface area contributed by atoms with Crippen molar-refractivity contribution in [3.8, 4) is 17.0 Å². The van der Waals surface area contributed by atoms with Crippen LogP contribution in [0.25, 0.3) is 11.3 Å². The fourth-order valence-corrected chi connectivity index (χ4v) is 2.64. The molecule has 0 bridgehead atoms. The van der Waals surface area contributed by atoms with Crippen LogP contribution in [0.5, 0.6) is 5.75 Å². The van der Waals surface area contributed by atoms with Gasteiger partial charge >= 0.3 is 0 Å². The van der Waals surface area contributed by atoms with Crippen molar-refractivity contribution in [1.29, 1.82) is 0 Å². The summed E-state index contributed by atoms with van der Waals surface area (Å²) in [6, 6.07) is 12.1. The predicted molar refractivity (Wildman–Crippen MR) is 101 cm³/mol. The van der Waals surface area contributed by atoms with Crippen LogP contribution in [-0.4, -0.2) is 32.8 Å². The van der Waals surface area contributed by atoms with Crippen LogP contribution in [-0.2, 0) is 11.3 Å². The number of anilines is 1. The molecule has 8 nitrogen and oxygen atoms in total. The highest BCUT2D eigenvalue weighted by molar-refractivity contribution is 5.88. The van der Waals surface area contributed by atoms with Crippen molar-refractivity contribution in [1.82, 2.24) is 19.7 Å². The molecular weight excluding hydrogens is 346 g/mol. The molecule has 2 aromatic heterocycles. The van der Waals surface area contributed by atoms with Crippen molar-refractivity contribution in [2.45, 2.75) is 20.4 Å². The van der Waals surface area contributed by atoms with E-state index in [-0.39, 0.29) is 18.1 Å². The molecule has 1 amide bonds. The van der Waals surface area contributed by atoms with Gasteiger partial charge in [-0.2, -0.15) is 5.10 Å². The first-order valence-electron chi connectivity index (χ1n) is 8.30. The standard InChI is InChI=1S/C19H19N5O3/c1-12-10-13(2)21-19(20-12)22-17(25)11-24-18(26)9-8-15(23-24)14-6-4-5-7-16(14)27-3/h4-10H,11H2,1-3H3,(H,20,21,22,25). The van der Waals surface area contributed by atoms with Crippen molar-refractivity contribution in [2.24, 2.45) is 0 Å².